The third-order valence-corrected chi connectivity index (χ3v) is 2.69. The fourth-order valence-electron chi connectivity index (χ4n) is 1.59. The molecular weight excluding hydrogens is 192 g/mol. The lowest BCUT2D eigenvalue weighted by atomic mass is 10.3. The third-order valence-electron chi connectivity index (χ3n) is 2.69. The second-order valence-corrected chi connectivity index (χ2v) is 4.14. The molecular formula is C11H24N2O2. The Labute approximate surface area is 92.6 Å². The molecule has 0 bridgehead atoms. The summed E-state index contributed by atoms with van der Waals surface area (Å²) in [6.45, 7) is 4.80. The van der Waals surface area contributed by atoms with Gasteiger partial charge in [-0.3, -0.25) is 4.90 Å². The summed E-state index contributed by atoms with van der Waals surface area (Å²) in [6.07, 6.45) is 3.86. The molecule has 0 aliphatic heterocycles. The minimum atomic E-state index is 0.236. The lowest BCUT2D eigenvalue weighted by Gasteiger charge is -2.20. The molecule has 0 saturated heterocycles. The smallest absolute Gasteiger partial charge is 0.0589 e. The molecule has 15 heavy (non-hydrogen) atoms. The van der Waals surface area contributed by atoms with Crippen LogP contribution >= 0.6 is 0 Å². The maximum Gasteiger partial charge on any atom is 0.0589 e. The first-order valence-corrected chi connectivity index (χ1v) is 5.92. The summed E-state index contributed by atoms with van der Waals surface area (Å²) < 4.78 is 5.03. The van der Waals surface area contributed by atoms with Gasteiger partial charge in [0.1, 0.15) is 0 Å². The molecule has 2 N–H and O–H groups in total. The fraction of sp³-hybridized carbons (Fsp3) is 1.00. The molecule has 0 heterocycles. The van der Waals surface area contributed by atoms with Crippen LogP contribution in [0.3, 0.4) is 0 Å². The predicted molar refractivity (Wildman–Crippen MR) is 61.0 cm³/mol. The molecule has 1 rings (SSSR count). The number of aliphatic hydroxyl groups excluding tert-OH is 1. The molecule has 4 heteroatoms. The average molecular weight is 216 g/mol. The van der Waals surface area contributed by atoms with Crippen molar-refractivity contribution in [3.05, 3.63) is 0 Å². The molecule has 1 aliphatic rings. The fourth-order valence-corrected chi connectivity index (χ4v) is 1.59. The van der Waals surface area contributed by atoms with E-state index < -0.39 is 0 Å². The van der Waals surface area contributed by atoms with Crippen LogP contribution in [0.5, 0.6) is 0 Å². The van der Waals surface area contributed by atoms with Crippen molar-refractivity contribution in [1.82, 2.24) is 10.2 Å². The third kappa shape index (κ3) is 6.84. The van der Waals surface area contributed by atoms with Crippen LogP contribution in [0.15, 0.2) is 0 Å². The number of hydrogen-bond acceptors (Lipinski definition) is 4. The van der Waals surface area contributed by atoms with Crippen molar-refractivity contribution >= 4 is 0 Å². The molecule has 0 amide bonds. The maximum atomic E-state index is 8.89. The predicted octanol–water partition coefficient (Wildman–Crippen LogP) is 0.0692. The Morgan fingerprint density at radius 2 is 2.13 bits per heavy atom. The highest BCUT2D eigenvalue weighted by molar-refractivity contribution is 4.80. The lowest BCUT2D eigenvalue weighted by molar-refractivity contribution is 0.130. The minimum Gasteiger partial charge on any atom is -0.395 e. The summed E-state index contributed by atoms with van der Waals surface area (Å²) in [7, 11) is 1.71. The van der Waals surface area contributed by atoms with Crippen molar-refractivity contribution < 1.29 is 9.84 Å². The van der Waals surface area contributed by atoms with Gasteiger partial charge in [0.25, 0.3) is 0 Å². The number of hydrogen-bond donors (Lipinski definition) is 2. The van der Waals surface area contributed by atoms with E-state index in [1.54, 1.807) is 7.11 Å². The van der Waals surface area contributed by atoms with Gasteiger partial charge in [0.15, 0.2) is 0 Å². The number of rotatable bonds is 10. The lowest BCUT2D eigenvalue weighted by Crippen LogP contribution is -2.33. The Morgan fingerprint density at radius 3 is 2.73 bits per heavy atom. The number of aliphatic hydroxyl groups is 1. The standard InChI is InChI=1S/C11H24N2O2/c1-15-10-8-13(7-9-14)6-2-5-12-11-3-4-11/h11-12,14H,2-10H2,1H3. The van der Waals surface area contributed by atoms with Crippen LogP contribution in [0.1, 0.15) is 19.3 Å². The minimum absolute atomic E-state index is 0.236. The molecule has 0 atom stereocenters. The molecule has 0 aromatic heterocycles. The molecule has 0 aromatic carbocycles. The number of nitrogens with zero attached hydrogens (tertiary/aromatic N) is 1. The van der Waals surface area contributed by atoms with Crippen LogP contribution < -0.4 is 5.32 Å². The SMILES string of the molecule is COCCN(CCO)CCCNC1CC1. The van der Waals surface area contributed by atoms with Crippen molar-refractivity contribution in [2.24, 2.45) is 0 Å². The zero-order valence-electron chi connectivity index (χ0n) is 9.74. The van der Waals surface area contributed by atoms with Gasteiger partial charge in [-0.25, -0.2) is 0 Å². The molecule has 1 aliphatic carbocycles. The number of methoxy groups -OCH3 is 1. The first kappa shape index (κ1) is 12.9. The van der Waals surface area contributed by atoms with Gasteiger partial charge in [-0.05, 0) is 32.4 Å². The summed E-state index contributed by atoms with van der Waals surface area (Å²) in [5.41, 5.74) is 0. The molecule has 4 nitrogen and oxygen atoms in total. The zero-order chi connectivity index (χ0) is 10.9. The van der Waals surface area contributed by atoms with Crippen LogP contribution in [0.4, 0.5) is 0 Å². The summed E-state index contributed by atoms with van der Waals surface area (Å²) in [5, 5.41) is 12.4. The molecule has 1 fully saturated rings. The van der Waals surface area contributed by atoms with Gasteiger partial charge in [0, 0.05) is 26.2 Å². The van der Waals surface area contributed by atoms with Crippen LogP contribution in [0.2, 0.25) is 0 Å². The zero-order valence-corrected chi connectivity index (χ0v) is 9.74. The Kier molecular flexibility index (Phi) is 6.92. The van der Waals surface area contributed by atoms with E-state index in [0.29, 0.717) is 0 Å². The summed E-state index contributed by atoms with van der Waals surface area (Å²) in [4.78, 5) is 2.25. The normalized spacial score (nSPS) is 16.2. The van der Waals surface area contributed by atoms with E-state index in [-0.39, 0.29) is 6.61 Å². The van der Waals surface area contributed by atoms with Crippen molar-refractivity contribution in [3.63, 3.8) is 0 Å². The van der Waals surface area contributed by atoms with Gasteiger partial charge >= 0.3 is 0 Å². The molecule has 90 valence electrons. The van der Waals surface area contributed by atoms with Gasteiger partial charge in [0.05, 0.1) is 13.2 Å². The van der Waals surface area contributed by atoms with E-state index in [1.807, 2.05) is 0 Å². The van der Waals surface area contributed by atoms with Crippen LogP contribution in [0.25, 0.3) is 0 Å². The number of nitrogens with one attached hydrogen (secondary N) is 1. The average Bonchev–Trinajstić information content (AvgIpc) is 3.04. The van der Waals surface area contributed by atoms with Gasteiger partial charge in [-0.2, -0.15) is 0 Å². The van der Waals surface area contributed by atoms with Crippen LogP contribution in [-0.4, -0.2) is 62.6 Å². The Balaban J connectivity index is 1.95. The monoisotopic (exact) mass is 216 g/mol. The second-order valence-electron chi connectivity index (χ2n) is 4.14. The van der Waals surface area contributed by atoms with Crippen molar-refractivity contribution in [3.8, 4) is 0 Å². The van der Waals surface area contributed by atoms with Crippen LogP contribution in [0, 0.1) is 0 Å². The van der Waals surface area contributed by atoms with E-state index in [4.69, 9.17) is 9.84 Å². The molecule has 0 radical (unpaired) electrons. The highest BCUT2D eigenvalue weighted by atomic mass is 16.5. The highest BCUT2D eigenvalue weighted by Gasteiger charge is 2.19. The summed E-state index contributed by atoms with van der Waals surface area (Å²) in [5.74, 6) is 0. The summed E-state index contributed by atoms with van der Waals surface area (Å²) in [6, 6.07) is 0.801. The topological polar surface area (TPSA) is 44.7 Å². The Morgan fingerprint density at radius 1 is 1.33 bits per heavy atom. The first-order valence-electron chi connectivity index (χ1n) is 5.92. The van der Waals surface area contributed by atoms with E-state index in [2.05, 4.69) is 10.2 Å². The molecule has 0 aromatic rings. The summed E-state index contributed by atoms with van der Waals surface area (Å²) >= 11 is 0. The van der Waals surface area contributed by atoms with Gasteiger partial charge in [-0.15, -0.1) is 0 Å². The highest BCUT2D eigenvalue weighted by Crippen LogP contribution is 2.18. The molecule has 0 spiro atoms. The molecule has 0 unspecified atom stereocenters. The van der Waals surface area contributed by atoms with E-state index in [9.17, 15) is 0 Å². The van der Waals surface area contributed by atoms with Crippen molar-refractivity contribution in [1.29, 1.82) is 0 Å². The first-order chi connectivity index (χ1) is 7.36. The molecule has 1 saturated carbocycles. The van der Waals surface area contributed by atoms with E-state index in [1.165, 1.54) is 12.8 Å². The van der Waals surface area contributed by atoms with Gasteiger partial charge in [-0.1, -0.05) is 0 Å². The van der Waals surface area contributed by atoms with Gasteiger partial charge < -0.3 is 15.2 Å². The van der Waals surface area contributed by atoms with Crippen molar-refractivity contribution in [2.75, 3.05) is 46.5 Å². The second kappa shape index (κ2) is 8.05. The van der Waals surface area contributed by atoms with E-state index in [0.717, 1.165) is 45.2 Å². The maximum absolute atomic E-state index is 8.89. The Bertz CT molecular complexity index is 152. The largest absolute Gasteiger partial charge is 0.395 e. The quantitative estimate of drug-likeness (QED) is 0.507. The number of ether oxygens (including phenoxy) is 1. The van der Waals surface area contributed by atoms with Gasteiger partial charge in [0.2, 0.25) is 0 Å². The Hall–Kier alpha value is -0.160. The van der Waals surface area contributed by atoms with E-state index >= 15 is 0 Å². The van der Waals surface area contributed by atoms with Crippen molar-refractivity contribution in [2.45, 2.75) is 25.3 Å². The van der Waals surface area contributed by atoms with Crippen LogP contribution in [-0.2, 0) is 4.74 Å².